The van der Waals surface area contributed by atoms with Crippen LogP contribution in [0, 0.1) is 0 Å². The third-order valence-electron chi connectivity index (χ3n) is 1.90. The van der Waals surface area contributed by atoms with Gasteiger partial charge in [0.05, 0.1) is 11.8 Å². The van der Waals surface area contributed by atoms with Gasteiger partial charge in [-0.15, -0.1) is 0 Å². The monoisotopic (exact) mass is 189 g/mol. The van der Waals surface area contributed by atoms with E-state index in [9.17, 15) is 9.59 Å². The molecular weight excluding hydrogens is 182 g/mol. The Kier molecular flexibility index (Phi) is 2.02. The van der Waals surface area contributed by atoms with Gasteiger partial charge in [-0.05, 0) is 0 Å². The molecule has 1 heterocycles. The minimum absolute atomic E-state index is 0.458. The number of carbonyl (C=O) groups excluding carboxylic acids is 1. The molecule has 0 fully saturated rings. The first-order valence-electron chi connectivity index (χ1n) is 4.04. The van der Waals surface area contributed by atoms with Gasteiger partial charge in [-0.2, -0.15) is 0 Å². The molecule has 0 amide bonds. The summed E-state index contributed by atoms with van der Waals surface area (Å²) in [6, 6.07) is 8.26. The Labute approximate surface area is 79.1 Å². The smallest absolute Gasteiger partial charge is 0.339 e. The van der Waals surface area contributed by atoms with Crippen LogP contribution in [0.5, 0.6) is 0 Å². The van der Waals surface area contributed by atoms with E-state index in [1.807, 2.05) is 0 Å². The second-order valence-corrected chi connectivity index (χ2v) is 2.79. The molecule has 1 aromatic heterocycles. The van der Waals surface area contributed by atoms with Gasteiger partial charge >= 0.3 is 5.63 Å². The van der Waals surface area contributed by atoms with Gasteiger partial charge in [0.15, 0.2) is 6.29 Å². The van der Waals surface area contributed by atoms with Crippen LogP contribution in [0.3, 0.4) is 0 Å². The van der Waals surface area contributed by atoms with Gasteiger partial charge in [0, 0.05) is 11.1 Å². The zero-order chi connectivity index (χ0) is 9.97. The van der Waals surface area contributed by atoms with Crippen LogP contribution in [-0.4, -0.2) is 11.4 Å². The number of nitrogens with one attached hydrogen (secondary N) is 1. The van der Waals surface area contributed by atoms with Crippen LogP contribution in [0.25, 0.3) is 11.3 Å². The highest BCUT2D eigenvalue weighted by atomic mass is 16.5. The number of aromatic nitrogens is 1. The Morgan fingerprint density at radius 2 is 2.07 bits per heavy atom. The number of H-pyrrole nitrogens is 1. The zero-order valence-corrected chi connectivity index (χ0v) is 7.19. The van der Waals surface area contributed by atoms with Crippen molar-refractivity contribution in [3.05, 3.63) is 46.3 Å². The third kappa shape index (κ3) is 1.37. The van der Waals surface area contributed by atoms with Gasteiger partial charge < -0.3 is 4.52 Å². The van der Waals surface area contributed by atoms with Gasteiger partial charge in [-0.25, -0.2) is 9.95 Å². The molecule has 0 bridgehead atoms. The van der Waals surface area contributed by atoms with Crippen molar-refractivity contribution in [2.24, 2.45) is 0 Å². The topological polar surface area (TPSA) is 63.1 Å². The molecule has 0 aliphatic rings. The number of rotatable bonds is 2. The maximum Gasteiger partial charge on any atom is 0.357 e. The molecule has 0 aliphatic carbocycles. The lowest BCUT2D eigenvalue weighted by molar-refractivity contribution is 0.112. The largest absolute Gasteiger partial charge is 0.357 e. The predicted molar refractivity (Wildman–Crippen MR) is 50.2 cm³/mol. The first-order chi connectivity index (χ1) is 6.81. The fourth-order valence-corrected chi connectivity index (χ4v) is 1.26. The summed E-state index contributed by atoms with van der Waals surface area (Å²) in [6.45, 7) is 0. The second kappa shape index (κ2) is 3.33. The Hall–Kier alpha value is -2.10. The number of aromatic amines is 1. The van der Waals surface area contributed by atoms with Crippen LogP contribution in [0.2, 0.25) is 0 Å². The minimum Gasteiger partial charge on any atom is -0.339 e. The molecule has 0 saturated carbocycles. The first kappa shape index (κ1) is 8.50. The maximum atomic E-state index is 10.8. The second-order valence-electron chi connectivity index (χ2n) is 2.79. The van der Waals surface area contributed by atoms with Crippen molar-refractivity contribution in [3.8, 4) is 11.3 Å². The normalized spacial score (nSPS) is 10.0. The summed E-state index contributed by atoms with van der Waals surface area (Å²) in [5.74, 6) is 0. The molecular formula is C10H7NO3. The van der Waals surface area contributed by atoms with Crippen LogP contribution in [0.4, 0.5) is 0 Å². The van der Waals surface area contributed by atoms with Crippen LogP contribution in [0.1, 0.15) is 10.4 Å². The van der Waals surface area contributed by atoms with Crippen molar-refractivity contribution >= 4 is 6.29 Å². The third-order valence-corrected chi connectivity index (χ3v) is 1.90. The van der Waals surface area contributed by atoms with Crippen molar-refractivity contribution < 1.29 is 9.32 Å². The lowest BCUT2D eigenvalue weighted by Crippen LogP contribution is -1.88. The van der Waals surface area contributed by atoms with E-state index in [4.69, 9.17) is 0 Å². The quantitative estimate of drug-likeness (QED) is 0.727. The fraction of sp³-hybridized carbons (Fsp3) is 0. The average Bonchev–Trinajstić information content (AvgIpc) is 2.65. The van der Waals surface area contributed by atoms with E-state index in [1.165, 1.54) is 6.07 Å². The molecule has 14 heavy (non-hydrogen) atoms. The Balaban J connectivity index is 2.61. The standard InChI is InChI=1S/C10H7NO3/c12-6-7-3-1-2-4-8(7)9-5-10(13)14-11-9/h1-6,11H. The minimum atomic E-state index is -0.458. The van der Waals surface area contributed by atoms with Gasteiger partial charge in [0.2, 0.25) is 0 Å². The maximum absolute atomic E-state index is 10.8. The summed E-state index contributed by atoms with van der Waals surface area (Å²) in [5, 5.41) is 2.45. The molecule has 0 atom stereocenters. The van der Waals surface area contributed by atoms with E-state index < -0.39 is 5.63 Å². The van der Waals surface area contributed by atoms with E-state index in [-0.39, 0.29) is 0 Å². The van der Waals surface area contributed by atoms with Crippen LogP contribution >= 0.6 is 0 Å². The molecule has 70 valence electrons. The summed E-state index contributed by atoms with van der Waals surface area (Å²) in [7, 11) is 0. The van der Waals surface area contributed by atoms with E-state index >= 15 is 0 Å². The molecule has 1 N–H and O–H groups in total. The predicted octanol–water partition coefficient (Wildman–Crippen LogP) is 1.45. The SMILES string of the molecule is O=Cc1ccccc1-c1cc(=O)o[nH]1. The highest BCUT2D eigenvalue weighted by Crippen LogP contribution is 2.18. The zero-order valence-electron chi connectivity index (χ0n) is 7.19. The summed E-state index contributed by atoms with van der Waals surface area (Å²) in [5.41, 5.74) is 1.23. The highest BCUT2D eigenvalue weighted by molar-refractivity contribution is 5.86. The van der Waals surface area contributed by atoms with Crippen LogP contribution in [0.15, 0.2) is 39.6 Å². The Morgan fingerprint density at radius 1 is 1.29 bits per heavy atom. The van der Waals surface area contributed by atoms with Crippen molar-refractivity contribution in [2.75, 3.05) is 0 Å². The molecule has 4 nitrogen and oxygen atoms in total. The summed E-state index contributed by atoms with van der Waals surface area (Å²) in [4.78, 5) is 21.5. The van der Waals surface area contributed by atoms with Crippen LogP contribution in [-0.2, 0) is 0 Å². The fourth-order valence-electron chi connectivity index (χ4n) is 1.26. The average molecular weight is 189 g/mol. The lowest BCUT2D eigenvalue weighted by atomic mass is 10.1. The van der Waals surface area contributed by atoms with Crippen LogP contribution < -0.4 is 5.63 Å². The molecule has 0 aliphatic heterocycles. The van der Waals surface area contributed by atoms with Crippen molar-refractivity contribution in [1.82, 2.24) is 5.16 Å². The molecule has 0 spiro atoms. The lowest BCUT2D eigenvalue weighted by Gasteiger charge is -1.98. The molecule has 1 aromatic carbocycles. The van der Waals surface area contributed by atoms with E-state index in [2.05, 4.69) is 9.68 Å². The summed E-state index contributed by atoms with van der Waals surface area (Å²) >= 11 is 0. The Morgan fingerprint density at radius 3 is 2.71 bits per heavy atom. The van der Waals surface area contributed by atoms with Gasteiger partial charge in [-0.3, -0.25) is 4.79 Å². The summed E-state index contributed by atoms with van der Waals surface area (Å²) in [6.07, 6.45) is 0.737. The van der Waals surface area contributed by atoms with Gasteiger partial charge in [0.25, 0.3) is 0 Å². The van der Waals surface area contributed by atoms with Crippen molar-refractivity contribution in [3.63, 3.8) is 0 Å². The highest BCUT2D eigenvalue weighted by Gasteiger charge is 2.06. The molecule has 0 radical (unpaired) electrons. The van der Waals surface area contributed by atoms with E-state index in [1.54, 1.807) is 24.3 Å². The molecule has 0 saturated heterocycles. The van der Waals surface area contributed by atoms with Crippen molar-refractivity contribution in [2.45, 2.75) is 0 Å². The molecule has 2 aromatic rings. The number of aldehydes is 1. The van der Waals surface area contributed by atoms with Gasteiger partial charge in [0.1, 0.15) is 0 Å². The number of benzene rings is 1. The number of hydrogen-bond acceptors (Lipinski definition) is 3. The van der Waals surface area contributed by atoms with Crippen molar-refractivity contribution in [1.29, 1.82) is 0 Å². The van der Waals surface area contributed by atoms with E-state index in [0.29, 0.717) is 16.8 Å². The summed E-state index contributed by atoms with van der Waals surface area (Å²) < 4.78 is 4.52. The molecule has 2 rings (SSSR count). The number of hydrogen-bond donors (Lipinski definition) is 1. The Bertz CT molecular complexity index is 510. The van der Waals surface area contributed by atoms with Gasteiger partial charge in [-0.1, -0.05) is 24.3 Å². The van der Waals surface area contributed by atoms with E-state index in [0.717, 1.165) is 6.29 Å². The first-order valence-corrected chi connectivity index (χ1v) is 4.04. The molecule has 0 unspecified atom stereocenters. The number of carbonyl (C=O) groups is 1. The molecule has 4 heteroatoms.